The van der Waals surface area contributed by atoms with Crippen LogP contribution in [0, 0.1) is 0 Å². The summed E-state index contributed by atoms with van der Waals surface area (Å²) in [6, 6.07) is 28.9. The van der Waals surface area contributed by atoms with E-state index in [0.717, 1.165) is 11.1 Å². The number of para-hydroxylation sites is 1. The second kappa shape index (κ2) is 8.84. The Balaban J connectivity index is 1.78. The molecular weight excluding hydrogens is 343 g/mol. The summed E-state index contributed by atoms with van der Waals surface area (Å²) in [5.74, 6) is 0.559. The molecule has 3 aromatic carbocycles. The van der Waals surface area contributed by atoms with Crippen LogP contribution in [0.2, 0.25) is 0 Å². The predicted molar refractivity (Wildman–Crippen MR) is 106 cm³/mol. The minimum Gasteiger partial charge on any atom is -0.424 e. The fourth-order valence-electron chi connectivity index (χ4n) is 2.68. The first-order valence-corrected chi connectivity index (χ1v) is 10.3. The average Bonchev–Trinajstić information content (AvgIpc) is 2.69. The van der Waals surface area contributed by atoms with E-state index in [0.29, 0.717) is 12.2 Å². The predicted octanol–water partition coefficient (Wildman–Crippen LogP) is 6.11. The van der Waals surface area contributed by atoms with Crippen LogP contribution in [0.3, 0.4) is 0 Å². The van der Waals surface area contributed by atoms with E-state index in [2.05, 4.69) is 0 Å². The lowest BCUT2D eigenvalue weighted by Gasteiger charge is -2.25. The lowest BCUT2D eigenvalue weighted by atomic mass is 10.1. The van der Waals surface area contributed by atoms with E-state index in [-0.39, 0.29) is 12.3 Å². The molecule has 134 valence electrons. The topological polar surface area (TPSA) is 35.5 Å². The normalized spacial score (nSPS) is 14.3. The third-order valence-corrected chi connectivity index (χ3v) is 6.36. The molecule has 2 atom stereocenters. The highest BCUT2D eigenvalue weighted by Gasteiger charge is 2.34. The van der Waals surface area contributed by atoms with Gasteiger partial charge in [0, 0.05) is 0 Å². The van der Waals surface area contributed by atoms with E-state index < -0.39 is 7.60 Å². The molecule has 0 saturated heterocycles. The van der Waals surface area contributed by atoms with Crippen molar-refractivity contribution in [3.8, 4) is 5.75 Å². The first kappa shape index (κ1) is 18.4. The van der Waals surface area contributed by atoms with Gasteiger partial charge in [-0.15, -0.1) is 0 Å². The van der Waals surface area contributed by atoms with E-state index in [1.54, 1.807) is 12.1 Å². The Morgan fingerprint density at radius 1 is 0.769 bits per heavy atom. The summed E-state index contributed by atoms with van der Waals surface area (Å²) in [6.07, 6.45) is 0.625. The minimum absolute atomic E-state index is 0.254. The number of benzene rings is 3. The zero-order chi connectivity index (χ0) is 18.2. The molecular formula is C22H23O3P. The van der Waals surface area contributed by atoms with Crippen molar-refractivity contribution in [1.29, 1.82) is 0 Å². The second-order valence-electron chi connectivity index (χ2n) is 6.24. The highest BCUT2D eigenvalue weighted by Crippen LogP contribution is 2.54. The molecule has 0 aromatic heterocycles. The van der Waals surface area contributed by atoms with Crippen molar-refractivity contribution in [2.24, 2.45) is 0 Å². The number of rotatable bonds is 8. The molecule has 0 N–H and O–H groups in total. The molecule has 3 aromatic rings. The molecule has 3 nitrogen and oxygen atoms in total. The van der Waals surface area contributed by atoms with Crippen molar-refractivity contribution in [2.45, 2.75) is 25.6 Å². The summed E-state index contributed by atoms with van der Waals surface area (Å²) in [5, 5.41) is 0. The molecule has 0 aliphatic carbocycles. The Labute approximate surface area is 155 Å². The smallest absolute Gasteiger partial charge is 0.382 e. The summed E-state index contributed by atoms with van der Waals surface area (Å²) in [7, 11) is -3.36. The van der Waals surface area contributed by atoms with Gasteiger partial charge in [0.1, 0.15) is 5.75 Å². The Morgan fingerprint density at radius 3 is 1.85 bits per heavy atom. The molecule has 0 fully saturated rings. The Morgan fingerprint density at radius 2 is 1.27 bits per heavy atom. The van der Waals surface area contributed by atoms with Crippen LogP contribution >= 0.6 is 7.60 Å². The second-order valence-corrected chi connectivity index (χ2v) is 8.64. The van der Waals surface area contributed by atoms with Gasteiger partial charge in [0.15, 0.2) is 0 Å². The highest BCUT2D eigenvalue weighted by atomic mass is 31.2. The van der Waals surface area contributed by atoms with Crippen molar-refractivity contribution in [3.63, 3.8) is 0 Å². The molecule has 0 saturated carbocycles. The summed E-state index contributed by atoms with van der Waals surface area (Å²) >= 11 is 0. The van der Waals surface area contributed by atoms with Crippen molar-refractivity contribution < 1.29 is 13.6 Å². The standard InChI is InChI=1S/C22H23O3P/c1-19(17-20-11-5-2-6-12-20)26(23,25-22-15-9-4-10-16-22)24-18-21-13-7-3-8-14-21/h2-16,19H,17-18H2,1H3. The fourth-order valence-corrected chi connectivity index (χ4v) is 4.34. The van der Waals surface area contributed by atoms with Crippen LogP contribution in [0.1, 0.15) is 18.1 Å². The average molecular weight is 366 g/mol. The SMILES string of the molecule is CC(Cc1ccccc1)P(=O)(OCc1ccccc1)Oc1ccccc1. The molecule has 0 spiro atoms. The lowest BCUT2D eigenvalue weighted by Crippen LogP contribution is -2.14. The van der Waals surface area contributed by atoms with Crippen LogP contribution in [-0.4, -0.2) is 5.66 Å². The molecule has 3 rings (SSSR count). The van der Waals surface area contributed by atoms with Crippen LogP contribution in [0.25, 0.3) is 0 Å². The first-order valence-electron chi connectivity index (χ1n) is 8.72. The van der Waals surface area contributed by atoms with Crippen LogP contribution in [0.5, 0.6) is 5.75 Å². The molecule has 0 aliphatic heterocycles. The zero-order valence-corrected chi connectivity index (χ0v) is 15.7. The summed E-state index contributed by atoms with van der Waals surface area (Å²) < 4.78 is 25.4. The summed E-state index contributed by atoms with van der Waals surface area (Å²) in [5.41, 5.74) is 1.81. The quantitative estimate of drug-likeness (QED) is 0.451. The van der Waals surface area contributed by atoms with Gasteiger partial charge in [0.25, 0.3) is 0 Å². The van der Waals surface area contributed by atoms with Gasteiger partial charge in [-0.25, -0.2) is 4.57 Å². The van der Waals surface area contributed by atoms with Gasteiger partial charge in [-0.1, -0.05) is 78.9 Å². The van der Waals surface area contributed by atoms with Gasteiger partial charge in [-0.2, -0.15) is 0 Å². The van der Waals surface area contributed by atoms with E-state index in [4.69, 9.17) is 9.05 Å². The fraction of sp³-hybridized carbons (Fsp3) is 0.182. The Hall–Kier alpha value is -2.35. The molecule has 0 aliphatic rings. The van der Waals surface area contributed by atoms with Gasteiger partial charge < -0.3 is 4.52 Å². The number of hydrogen-bond acceptors (Lipinski definition) is 3. The molecule has 0 bridgehead atoms. The van der Waals surface area contributed by atoms with E-state index >= 15 is 0 Å². The number of hydrogen-bond donors (Lipinski definition) is 0. The highest BCUT2D eigenvalue weighted by molar-refractivity contribution is 7.55. The van der Waals surface area contributed by atoms with Crippen LogP contribution < -0.4 is 4.52 Å². The van der Waals surface area contributed by atoms with Crippen molar-refractivity contribution in [1.82, 2.24) is 0 Å². The molecule has 26 heavy (non-hydrogen) atoms. The van der Waals surface area contributed by atoms with Gasteiger partial charge in [-0.05, 0) is 36.6 Å². The van der Waals surface area contributed by atoms with E-state index in [1.807, 2.05) is 85.8 Å². The maximum Gasteiger partial charge on any atom is 0.382 e. The largest absolute Gasteiger partial charge is 0.424 e. The molecule has 2 unspecified atom stereocenters. The summed E-state index contributed by atoms with van der Waals surface area (Å²) in [6.45, 7) is 2.17. The van der Waals surface area contributed by atoms with Crippen molar-refractivity contribution in [2.75, 3.05) is 0 Å². The lowest BCUT2D eigenvalue weighted by molar-refractivity contribution is 0.248. The Bertz CT molecular complexity index is 835. The monoisotopic (exact) mass is 366 g/mol. The van der Waals surface area contributed by atoms with Gasteiger partial charge in [-0.3, -0.25) is 4.52 Å². The van der Waals surface area contributed by atoms with Crippen LogP contribution in [0.4, 0.5) is 0 Å². The van der Waals surface area contributed by atoms with Crippen molar-refractivity contribution in [3.05, 3.63) is 102 Å². The molecule has 4 heteroatoms. The Kier molecular flexibility index (Phi) is 6.27. The third kappa shape index (κ3) is 5.08. The minimum atomic E-state index is -3.36. The molecule has 0 amide bonds. The van der Waals surface area contributed by atoms with Gasteiger partial charge in [0.05, 0.1) is 12.3 Å². The molecule has 0 heterocycles. The zero-order valence-electron chi connectivity index (χ0n) is 14.8. The van der Waals surface area contributed by atoms with Gasteiger partial charge in [0.2, 0.25) is 0 Å². The van der Waals surface area contributed by atoms with Gasteiger partial charge >= 0.3 is 7.60 Å². The molecule has 0 radical (unpaired) electrons. The third-order valence-electron chi connectivity index (χ3n) is 4.14. The van der Waals surface area contributed by atoms with Crippen molar-refractivity contribution >= 4 is 7.60 Å². The maximum atomic E-state index is 13.6. The van der Waals surface area contributed by atoms with E-state index in [9.17, 15) is 4.57 Å². The summed E-state index contributed by atoms with van der Waals surface area (Å²) in [4.78, 5) is 0. The van der Waals surface area contributed by atoms with Crippen LogP contribution in [0.15, 0.2) is 91.0 Å². The first-order chi connectivity index (χ1) is 12.7. The van der Waals surface area contributed by atoms with Crippen LogP contribution in [-0.2, 0) is 22.1 Å². The van der Waals surface area contributed by atoms with E-state index in [1.165, 1.54) is 0 Å². The maximum absolute atomic E-state index is 13.6.